The molecule has 2 heterocycles. The molecule has 0 unspecified atom stereocenters. The van der Waals surface area contributed by atoms with E-state index in [-0.39, 0.29) is 6.54 Å². The summed E-state index contributed by atoms with van der Waals surface area (Å²) in [6.07, 6.45) is 1.24. The number of fused-ring (bicyclic) bond motifs is 1. The zero-order valence-corrected chi connectivity index (χ0v) is 10.8. The highest BCUT2D eigenvalue weighted by molar-refractivity contribution is 7.20. The molecule has 2 amide bonds. The van der Waals surface area contributed by atoms with Gasteiger partial charge in [0.05, 0.1) is 16.6 Å². The maximum Gasteiger partial charge on any atom is 0.262 e. The summed E-state index contributed by atoms with van der Waals surface area (Å²) in [6.45, 7) is 1.38. The molecule has 5 N–H and O–H groups in total. The van der Waals surface area contributed by atoms with Gasteiger partial charge in [0.25, 0.3) is 17.4 Å². The number of nitrogens with two attached hydrogens (primary N) is 2. The number of aryl methyl sites for hydroxylation is 1. The summed E-state index contributed by atoms with van der Waals surface area (Å²) >= 11 is 1.06. The van der Waals surface area contributed by atoms with Gasteiger partial charge in [-0.25, -0.2) is 10.8 Å². The van der Waals surface area contributed by atoms with Gasteiger partial charge in [-0.2, -0.15) is 0 Å². The second-order valence-electron chi connectivity index (χ2n) is 3.85. The van der Waals surface area contributed by atoms with Crippen molar-refractivity contribution in [1.82, 2.24) is 15.0 Å². The normalized spacial score (nSPS) is 10.6. The summed E-state index contributed by atoms with van der Waals surface area (Å²) in [4.78, 5) is 39.3. The van der Waals surface area contributed by atoms with Gasteiger partial charge in [0.15, 0.2) is 0 Å². The molecule has 2 aromatic rings. The lowest BCUT2D eigenvalue weighted by atomic mass is 10.2. The number of rotatable bonds is 3. The molecule has 0 saturated heterocycles. The standard InChI is InChI=1S/C10H11N5O3S/c1-4-6-9(19-7(4)8(11)17)13-3-15(10(6)18)2-5(16)14-12/h3H,2,12H2,1H3,(H2,11,17)(H,14,16). The van der Waals surface area contributed by atoms with Gasteiger partial charge >= 0.3 is 0 Å². The fraction of sp³-hybridized carbons (Fsp3) is 0.200. The van der Waals surface area contributed by atoms with Gasteiger partial charge in [-0.3, -0.25) is 24.4 Å². The minimum atomic E-state index is -0.605. The predicted molar refractivity (Wildman–Crippen MR) is 69.5 cm³/mol. The minimum absolute atomic E-state index is 0.237. The fourth-order valence-electron chi connectivity index (χ4n) is 1.71. The number of hydrogen-bond donors (Lipinski definition) is 3. The van der Waals surface area contributed by atoms with Crippen LogP contribution in [0.4, 0.5) is 0 Å². The molecule has 0 radical (unpaired) electrons. The molecule has 0 bridgehead atoms. The number of primary amides is 1. The number of aromatic nitrogens is 2. The Morgan fingerprint density at radius 2 is 2.21 bits per heavy atom. The Morgan fingerprint density at radius 1 is 1.53 bits per heavy atom. The quantitative estimate of drug-likeness (QED) is 0.371. The Labute approximate surface area is 111 Å². The number of thiophene rings is 1. The summed E-state index contributed by atoms with van der Waals surface area (Å²) < 4.78 is 1.12. The highest BCUT2D eigenvalue weighted by Gasteiger charge is 2.18. The summed E-state index contributed by atoms with van der Waals surface area (Å²) in [5.74, 6) is 3.83. The van der Waals surface area contributed by atoms with Crippen LogP contribution in [0.5, 0.6) is 0 Å². The van der Waals surface area contributed by atoms with E-state index in [2.05, 4.69) is 4.98 Å². The number of amides is 2. The van der Waals surface area contributed by atoms with Crippen LogP contribution in [0.15, 0.2) is 11.1 Å². The Morgan fingerprint density at radius 3 is 2.79 bits per heavy atom. The first-order chi connectivity index (χ1) is 8.95. The first kappa shape index (κ1) is 13.2. The summed E-state index contributed by atoms with van der Waals surface area (Å²) in [7, 11) is 0. The predicted octanol–water partition coefficient (Wildman–Crippen LogP) is -1.14. The first-order valence-electron chi connectivity index (χ1n) is 5.23. The Bertz CT molecular complexity index is 733. The number of hydrazine groups is 1. The monoisotopic (exact) mass is 281 g/mol. The summed E-state index contributed by atoms with van der Waals surface area (Å²) in [5.41, 5.74) is 7.22. The average Bonchev–Trinajstić information content (AvgIpc) is 2.71. The van der Waals surface area contributed by atoms with Gasteiger partial charge in [-0.1, -0.05) is 0 Å². The van der Waals surface area contributed by atoms with E-state index in [4.69, 9.17) is 11.6 Å². The maximum atomic E-state index is 12.2. The molecule has 0 fully saturated rings. The Hall–Kier alpha value is -2.26. The molecule has 2 rings (SSSR count). The first-order valence-corrected chi connectivity index (χ1v) is 6.05. The molecule has 0 aliphatic rings. The van der Waals surface area contributed by atoms with Crippen molar-refractivity contribution in [3.05, 3.63) is 27.1 Å². The summed E-state index contributed by atoms with van der Waals surface area (Å²) in [6, 6.07) is 0. The van der Waals surface area contributed by atoms with Crippen LogP contribution in [0.1, 0.15) is 15.2 Å². The number of hydrogen-bond acceptors (Lipinski definition) is 6. The lowest BCUT2D eigenvalue weighted by Gasteiger charge is -2.03. The highest BCUT2D eigenvalue weighted by atomic mass is 32.1. The van der Waals surface area contributed by atoms with Crippen molar-refractivity contribution >= 4 is 33.4 Å². The second kappa shape index (κ2) is 4.78. The largest absolute Gasteiger partial charge is 0.365 e. The number of carbonyl (C=O) groups is 2. The van der Waals surface area contributed by atoms with Crippen molar-refractivity contribution < 1.29 is 9.59 Å². The van der Waals surface area contributed by atoms with Crippen molar-refractivity contribution in [2.45, 2.75) is 13.5 Å². The molecule has 0 aliphatic heterocycles. The Balaban J connectivity index is 2.64. The zero-order chi connectivity index (χ0) is 14.2. The molecule has 9 heteroatoms. The maximum absolute atomic E-state index is 12.2. The minimum Gasteiger partial charge on any atom is -0.365 e. The van der Waals surface area contributed by atoms with Crippen LogP contribution >= 0.6 is 11.3 Å². The third-order valence-electron chi connectivity index (χ3n) is 2.62. The fourth-order valence-corrected chi connectivity index (χ4v) is 2.70. The van der Waals surface area contributed by atoms with Crippen LogP contribution in [0.3, 0.4) is 0 Å². The highest BCUT2D eigenvalue weighted by Crippen LogP contribution is 2.25. The van der Waals surface area contributed by atoms with Crippen LogP contribution < -0.4 is 22.6 Å². The smallest absolute Gasteiger partial charge is 0.262 e. The van der Waals surface area contributed by atoms with E-state index in [1.807, 2.05) is 5.43 Å². The molecular formula is C10H11N5O3S. The van der Waals surface area contributed by atoms with Gasteiger partial charge in [0.1, 0.15) is 11.4 Å². The van der Waals surface area contributed by atoms with Crippen molar-refractivity contribution in [3.8, 4) is 0 Å². The molecule has 100 valence electrons. The number of nitrogens with zero attached hydrogens (tertiary/aromatic N) is 2. The van der Waals surface area contributed by atoms with Gasteiger partial charge in [-0.15, -0.1) is 11.3 Å². The van der Waals surface area contributed by atoms with Crippen LogP contribution in [-0.4, -0.2) is 21.4 Å². The Kier molecular flexibility index (Phi) is 3.32. The van der Waals surface area contributed by atoms with Crippen molar-refractivity contribution in [2.24, 2.45) is 11.6 Å². The zero-order valence-electron chi connectivity index (χ0n) is 9.97. The number of nitrogens with one attached hydrogen (secondary N) is 1. The lowest BCUT2D eigenvalue weighted by molar-refractivity contribution is -0.121. The van der Waals surface area contributed by atoms with Crippen LogP contribution in [0.2, 0.25) is 0 Å². The molecule has 0 aliphatic carbocycles. The van der Waals surface area contributed by atoms with E-state index in [1.54, 1.807) is 6.92 Å². The van der Waals surface area contributed by atoms with Gasteiger partial charge in [-0.05, 0) is 12.5 Å². The molecule has 0 spiro atoms. The molecule has 0 atom stereocenters. The van der Waals surface area contributed by atoms with E-state index < -0.39 is 17.4 Å². The SMILES string of the molecule is Cc1c(C(N)=O)sc2ncn(CC(=O)NN)c(=O)c12. The van der Waals surface area contributed by atoms with Crippen molar-refractivity contribution in [2.75, 3.05) is 0 Å². The average molecular weight is 281 g/mol. The topological polar surface area (TPSA) is 133 Å². The van der Waals surface area contributed by atoms with Crippen molar-refractivity contribution in [3.63, 3.8) is 0 Å². The van der Waals surface area contributed by atoms with E-state index in [1.165, 1.54) is 6.33 Å². The van der Waals surface area contributed by atoms with Crippen LogP contribution in [0.25, 0.3) is 10.2 Å². The van der Waals surface area contributed by atoms with E-state index in [0.29, 0.717) is 20.7 Å². The van der Waals surface area contributed by atoms with E-state index in [0.717, 1.165) is 15.9 Å². The van der Waals surface area contributed by atoms with Crippen LogP contribution in [-0.2, 0) is 11.3 Å². The van der Waals surface area contributed by atoms with E-state index >= 15 is 0 Å². The molecule has 0 saturated carbocycles. The number of carbonyl (C=O) groups excluding carboxylic acids is 2. The lowest BCUT2D eigenvalue weighted by Crippen LogP contribution is -2.36. The molecule has 19 heavy (non-hydrogen) atoms. The molecular weight excluding hydrogens is 270 g/mol. The summed E-state index contributed by atoms with van der Waals surface area (Å²) in [5, 5.41) is 0.297. The van der Waals surface area contributed by atoms with E-state index in [9.17, 15) is 14.4 Å². The van der Waals surface area contributed by atoms with Gasteiger partial charge < -0.3 is 5.73 Å². The third-order valence-corrected chi connectivity index (χ3v) is 3.83. The van der Waals surface area contributed by atoms with Crippen molar-refractivity contribution in [1.29, 1.82) is 0 Å². The molecule has 2 aromatic heterocycles. The van der Waals surface area contributed by atoms with Gasteiger partial charge in [0, 0.05) is 0 Å². The molecule has 0 aromatic carbocycles. The van der Waals surface area contributed by atoms with Gasteiger partial charge in [0.2, 0.25) is 0 Å². The second-order valence-corrected chi connectivity index (χ2v) is 4.84. The third kappa shape index (κ3) is 2.20. The molecule has 8 nitrogen and oxygen atoms in total. The van der Waals surface area contributed by atoms with Crippen LogP contribution in [0, 0.1) is 6.92 Å².